The van der Waals surface area contributed by atoms with Gasteiger partial charge < -0.3 is 0 Å². The van der Waals surface area contributed by atoms with E-state index in [2.05, 4.69) is 20.3 Å². The summed E-state index contributed by atoms with van der Waals surface area (Å²) in [6.07, 6.45) is 1.67. The van der Waals surface area contributed by atoms with E-state index in [1.807, 2.05) is 24.3 Å². The van der Waals surface area contributed by atoms with Gasteiger partial charge in [-0.2, -0.15) is 5.26 Å². The van der Waals surface area contributed by atoms with Crippen molar-refractivity contribution in [1.29, 1.82) is 5.26 Å². The van der Waals surface area contributed by atoms with Crippen LogP contribution in [-0.4, -0.2) is 20.9 Å². The molecule has 0 saturated heterocycles. The van der Waals surface area contributed by atoms with E-state index in [1.165, 1.54) is 11.3 Å². The van der Waals surface area contributed by atoms with E-state index in [1.54, 1.807) is 29.8 Å². The molecule has 6 nitrogen and oxygen atoms in total. The van der Waals surface area contributed by atoms with Gasteiger partial charge >= 0.3 is 0 Å². The summed E-state index contributed by atoms with van der Waals surface area (Å²) in [5.41, 5.74) is 1.84. The normalized spacial score (nSPS) is 9.95. The number of amides is 1. The Hall–Kier alpha value is -3.11. The van der Waals surface area contributed by atoms with Crippen LogP contribution in [0.25, 0.3) is 11.4 Å². The molecule has 1 amide bonds. The van der Waals surface area contributed by atoms with E-state index >= 15 is 0 Å². The number of hydrogen-bond acceptors (Lipinski definition) is 6. The van der Waals surface area contributed by atoms with E-state index in [0.29, 0.717) is 16.5 Å². The predicted molar refractivity (Wildman–Crippen MR) is 82.3 cm³/mol. The summed E-state index contributed by atoms with van der Waals surface area (Å²) < 4.78 is 0. The fourth-order valence-corrected chi connectivity index (χ4v) is 2.39. The van der Waals surface area contributed by atoms with Crippen molar-refractivity contribution in [2.75, 3.05) is 5.32 Å². The van der Waals surface area contributed by atoms with E-state index in [9.17, 15) is 4.79 Å². The Kier molecular flexibility index (Phi) is 3.85. The van der Waals surface area contributed by atoms with Crippen LogP contribution in [0.4, 0.5) is 5.13 Å². The molecular formula is C15H9N5OS. The second-order valence-corrected chi connectivity index (χ2v) is 5.08. The van der Waals surface area contributed by atoms with Gasteiger partial charge in [-0.15, -0.1) is 11.3 Å². The average molecular weight is 307 g/mol. The third kappa shape index (κ3) is 2.97. The Morgan fingerprint density at radius 2 is 2.00 bits per heavy atom. The molecule has 0 saturated carbocycles. The van der Waals surface area contributed by atoms with Gasteiger partial charge in [0.15, 0.2) is 10.8 Å². The van der Waals surface area contributed by atoms with Crippen LogP contribution in [0.15, 0.2) is 48.0 Å². The maximum atomic E-state index is 12.2. The number of aromatic nitrogens is 3. The Labute approximate surface area is 130 Å². The lowest BCUT2D eigenvalue weighted by Crippen LogP contribution is -2.13. The first kappa shape index (κ1) is 13.9. The standard InChI is InChI=1S/C15H9N5OS/c16-8-10-9-22-15(18-10)20-14(21)13-6-3-5-12(19-13)11-4-1-2-7-17-11/h1-7,9H,(H,18,20,21). The Morgan fingerprint density at radius 3 is 2.73 bits per heavy atom. The van der Waals surface area contributed by atoms with Gasteiger partial charge in [0.1, 0.15) is 11.8 Å². The Bertz CT molecular complexity index is 854. The largest absolute Gasteiger partial charge is 0.296 e. The van der Waals surface area contributed by atoms with Crippen molar-refractivity contribution in [2.45, 2.75) is 0 Å². The maximum Gasteiger partial charge on any atom is 0.276 e. The van der Waals surface area contributed by atoms with Crippen molar-refractivity contribution >= 4 is 22.4 Å². The second-order valence-electron chi connectivity index (χ2n) is 4.23. The van der Waals surface area contributed by atoms with Crippen molar-refractivity contribution in [3.63, 3.8) is 0 Å². The molecule has 3 heterocycles. The fourth-order valence-electron chi connectivity index (χ4n) is 1.76. The van der Waals surface area contributed by atoms with Gasteiger partial charge in [0.2, 0.25) is 0 Å². The number of nitriles is 1. The average Bonchev–Trinajstić information content (AvgIpc) is 3.03. The topological polar surface area (TPSA) is 91.6 Å². The van der Waals surface area contributed by atoms with E-state index < -0.39 is 0 Å². The molecule has 7 heteroatoms. The molecule has 0 unspecified atom stereocenters. The third-order valence-corrected chi connectivity index (χ3v) is 3.51. The molecule has 0 bridgehead atoms. The zero-order chi connectivity index (χ0) is 15.4. The minimum Gasteiger partial charge on any atom is -0.296 e. The minimum atomic E-state index is -0.378. The SMILES string of the molecule is N#Cc1csc(NC(=O)c2cccc(-c3ccccn3)n2)n1. The molecule has 0 aliphatic carbocycles. The summed E-state index contributed by atoms with van der Waals surface area (Å²) in [6, 6.07) is 12.6. The number of thiazole rings is 1. The molecule has 0 aromatic carbocycles. The smallest absolute Gasteiger partial charge is 0.276 e. The van der Waals surface area contributed by atoms with E-state index in [-0.39, 0.29) is 17.3 Å². The van der Waals surface area contributed by atoms with Gasteiger partial charge in [0, 0.05) is 11.6 Å². The lowest BCUT2D eigenvalue weighted by Gasteiger charge is -2.04. The van der Waals surface area contributed by atoms with Crippen LogP contribution in [0.2, 0.25) is 0 Å². The molecular weight excluding hydrogens is 298 g/mol. The summed E-state index contributed by atoms with van der Waals surface area (Å²) in [5.74, 6) is -0.378. The number of rotatable bonds is 3. The molecule has 0 spiro atoms. The van der Waals surface area contributed by atoms with Gasteiger partial charge in [-0.3, -0.25) is 15.1 Å². The quantitative estimate of drug-likeness (QED) is 0.803. The van der Waals surface area contributed by atoms with Crippen LogP contribution >= 0.6 is 11.3 Å². The monoisotopic (exact) mass is 307 g/mol. The maximum absolute atomic E-state index is 12.2. The molecule has 0 radical (unpaired) electrons. The molecule has 3 rings (SSSR count). The fraction of sp³-hybridized carbons (Fsp3) is 0. The predicted octanol–water partition coefficient (Wildman–Crippen LogP) is 2.72. The molecule has 0 fully saturated rings. The van der Waals surface area contributed by atoms with Crippen molar-refractivity contribution in [3.8, 4) is 17.5 Å². The van der Waals surface area contributed by atoms with Crippen molar-refractivity contribution < 1.29 is 4.79 Å². The molecule has 22 heavy (non-hydrogen) atoms. The van der Waals surface area contributed by atoms with Crippen molar-refractivity contribution in [1.82, 2.24) is 15.0 Å². The molecule has 3 aromatic rings. The Morgan fingerprint density at radius 1 is 1.14 bits per heavy atom. The van der Waals surface area contributed by atoms with Gasteiger partial charge in [0.05, 0.1) is 11.4 Å². The van der Waals surface area contributed by atoms with E-state index in [0.717, 1.165) is 0 Å². The van der Waals surface area contributed by atoms with Crippen LogP contribution < -0.4 is 5.32 Å². The molecule has 3 aromatic heterocycles. The minimum absolute atomic E-state index is 0.261. The number of carbonyl (C=O) groups is 1. The number of carbonyl (C=O) groups excluding carboxylic acids is 1. The van der Waals surface area contributed by atoms with Crippen LogP contribution in [0.3, 0.4) is 0 Å². The summed E-state index contributed by atoms with van der Waals surface area (Å²) in [5, 5.41) is 13.3. The molecule has 0 atom stereocenters. The van der Waals surface area contributed by atoms with Crippen LogP contribution in [-0.2, 0) is 0 Å². The highest BCUT2D eigenvalue weighted by molar-refractivity contribution is 7.14. The first-order chi connectivity index (χ1) is 10.8. The third-order valence-electron chi connectivity index (χ3n) is 2.75. The number of pyridine rings is 2. The lowest BCUT2D eigenvalue weighted by atomic mass is 10.2. The lowest BCUT2D eigenvalue weighted by molar-refractivity contribution is 0.102. The summed E-state index contributed by atoms with van der Waals surface area (Å²) in [6.45, 7) is 0. The van der Waals surface area contributed by atoms with Crippen molar-refractivity contribution in [2.24, 2.45) is 0 Å². The number of hydrogen-bond donors (Lipinski definition) is 1. The van der Waals surface area contributed by atoms with Gasteiger partial charge in [-0.1, -0.05) is 12.1 Å². The van der Waals surface area contributed by atoms with Crippen LogP contribution in [0.5, 0.6) is 0 Å². The molecule has 0 aliphatic heterocycles. The Balaban J connectivity index is 1.83. The first-order valence-corrected chi connectivity index (χ1v) is 7.19. The van der Waals surface area contributed by atoms with Gasteiger partial charge in [0.25, 0.3) is 5.91 Å². The highest BCUT2D eigenvalue weighted by atomic mass is 32.1. The first-order valence-electron chi connectivity index (χ1n) is 6.32. The number of nitrogens with one attached hydrogen (secondary N) is 1. The van der Waals surface area contributed by atoms with Gasteiger partial charge in [-0.05, 0) is 24.3 Å². The van der Waals surface area contributed by atoms with Crippen LogP contribution in [0, 0.1) is 11.3 Å². The van der Waals surface area contributed by atoms with Gasteiger partial charge in [-0.25, -0.2) is 9.97 Å². The highest BCUT2D eigenvalue weighted by Crippen LogP contribution is 2.17. The van der Waals surface area contributed by atoms with Crippen molar-refractivity contribution in [3.05, 3.63) is 59.4 Å². The van der Waals surface area contributed by atoms with E-state index in [4.69, 9.17) is 5.26 Å². The second kappa shape index (κ2) is 6.11. The number of nitrogens with zero attached hydrogens (tertiary/aromatic N) is 4. The zero-order valence-electron chi connectivity index (χ0n) is 11.2. The molecule has 1 N–H and O–H groups in total. The highest BCUT2D eigenvalue weighted by Gasteiger charge is 2.11. The zero-order valence-corrected chi connectivity index (χ0v) is 12.0. The number of anilines is 1. The summed E-state index contributed by atoms with van der Waals surface area (Å²) in [4.78, 5) is 24.7. The summed E-state index contributed by atoms with van der Waals surface area (Å²) in [7, 11) is 0. The molecule has 0 aliphatic rings. The van der Waals surface area contributed by atoms with Crippen LogP contribution in [0.1, 0.15) is 16.2 Å². The summed E-state index contributed by atoms with van der Waals surface area (Å²) >= 11 is 1.19. The molecule has 106 valence electrons.